The fraction of sp³-hybridized carbons (Fsp3) is 0.312. The first-order valence-corrected chi connectivity index (χ1v) is 7.50. The summed E-state index contributed by atoms with van der Waals surface area (Å²) in [5.74, 6) is 0.892. The summed E-state index contributed by atoms with van der Waals surface area (Å²) < 4.78 is 8.32. The molecule has 0 saturated carbocycles. The van der Waals surface area contributed by atoms with Gasteiger partial charge in [-0.1, -0.05) is 18.2 Å². The Morgan fingerprint density at radius 3 is 2.70 bits per heavy atom. The Morgan fingerprint density at radius 2 is 1.95 bits per heavy atom. The normalized spacial score (nSPS) is 10.5. The molecule has 3 nitrogen and oxygen atoms in total. The van der Waals surface area contributed by atoms with E-state index < -0.39 is 0 Å². The number of hydrogen-bond acceptors (Lipinski definition) is 2. The molecule has 106 valence electrons. The lowest BCUT2D eigenvalue weighted by molar-refractivity contribution is 0.303. The van der Waals surface area contributed by atoms with Crippen LogP contribution < -0.4 is 10.3 Å². The minimum Gasteiger partial charge on any atom is -0.494 e. The first-order valence-electron chi connectivity index (χ1n) is 6.71. The highest BCUT2D eigenvalue weighted by Gasteiger charge is 2.01. The van der Waals surface area contributed by atoms with Crippen molar-refractivity contribution >= 4 is 15.9 Å². The van der Waals surface area contributed by atoms with Gasteiger partial charge in [0.1, 0.15) is 5.75 Å². The lowest BCUT2D eigenvalue weighted by Gasteiger charge is -2.08. The summed E-state index contributed by atoms with van der Waals surface area (Å²) in [6.45, 7) is 3.23. The molecule has 0 aliphatic heterocycles. The molecule has 0 amide bonds. The first-order chi connectivity index (χ1) is 9.66. The second-order valence-corrected chi connectivity index (χ2v) is 5.62. The first kappa shape index (κ1) is 14.9. The number of halogens is 1. The van der Waals surface area contributed by atoms with E-state index in [1.54, 1.807) is 4.57 Å². The molecule has 0 radical (unpaired) electrons. The third kappa shape index (κ3) is 4.23. The van der Waals surface area contributed by atoms with Gasteiger partial charge in [0.2, 0.25) is 0 Å². The quantitative estimate of drug-likeness (QED) is 0.752. The fourth-order valence-electron chi connectivity index (χ4n) is 2.00. The third-order valence-corrected chi connectivity index (χ3v) is 3.47. The molecule has 4 heteroatoms. The second kappa shape index (κ2) is 7.29. The molecule has 0 saturated heterocycles. The van der Waals surface area contributed by atoms with Gasteiger partial charge in [0.05, 0.1) is 6.61 Å². The van der Waals surface area contributed by atoms with E-state index in [1.807, 2.05) is 49.5 Å². The average Bonchev–Trinajstić information content (AvgIpc) is 2.44. The highest BCUT2D eigenvalue weighted by Crippen LogP contribution is 2.10. The molecule has 20 heavy (non-hydrogen) atoms. The molecule has 0 aliphatic rings. The molecule has 1 aromatic carbocycles. The Balaban J connectivity index is 1.78. The number of para-hydroxylation sites is 1. The van der Waals surface area contributed by atoms with Crippen molar-refractivity contribution in [3.05, 3.63) is 63.0 Å². The van der Waals surface area contributed by atoms with Crippen LogP contribution >= 0.6 is 15.9 Å². The summed E-state index contributed by atoms with van der Waals surface area (Å²) in [6.07, 6.45) is 3.68. The monoisotopic (exact) mass is 335 g/mol. The van der Waals surface area contributed by atoms with Gasteiger partial charge in [-0.15, -0.1) is 0 Å². The van der Waals surface area contributed by atoms with Crippen LogP contribution in [-0.2, 0) is 6.54 Å². The van der Waals surface area contributed by atoms with Gasteiger partial charge in [0.15, 0.2) is 0 Å². The fourth-order valence-corrected chi connectivity index (χ4v) is 2.59. The lowest BCUT2D eigenvalue weighted by atomic mass is 10.3. The van der Waals surface area contributed by atoms with Crippen LogP contribution in [0.15, 0.2) is 51.9 Å². The van der Waals surface area contributed by atoms with Crippen molar-refractivity contribution in [3.63, 3.8) is 0 Å². The van der Waals surface area contributed by atoms with Crippen LogP contribution in [0.5, 0.6) is 5.75 Å². The highest BCUT2D eigenvalue weighted by atomic mass is 79.9. The number of hydrogen-bond donors (Lipinski definition) is 0. The predicted molar refractivity (Wildman–Crippen MR) is 84.3 cm³/mol. The smallest absolute Gasteiger partial charge is 0.253 e. The molecular formula is C16H18BrNO2. The van der Waals surface area contributed by atoms with Crippen molar-refractivity contribution in [2.75, 3.05) is 6.61 Å². The molecule has 0 unspecified atom stereocenters. The minimum absolute atomic E-state index is 0.0807. The molecule has 0 bridgehead atoms. The Morgan fingerprint density at radius 1 is 1.20 bits per heavy atom. The van der Waals surface area contributed by atoms with Gasteiger partial charge in [-0.2, -0.15) is 0 Å². The van der Waals surface area contributed by atoms with Crippen LogP contribution in [0.2, 0.25) is 0 Å². The summed E-state index contributed by atoms with van der Waals surface area (Å²) in [4.78, 5) is 11.9. The molecule has 2 aromatic rings. The zero-order valence-electron chi connectivity index (χ0n) is 11.5. The summed E-state index contributed by atoms with van der Waals surface area (Å²) in [7, 11) is 0. The molecule has 0 spiro atoms. The maximum atomic E-state index is 11.9. The standard InChI is InChI=1S/C16H18BrNO2/c1-13-11-14(17)12-18(16(13)19)9-5-6-10-20-15-7-3-2-4-8-15/h2-4,7-8,11-12H,5-6,9-10H2,1H3. The number of aromatic nitrogens is 1. The van der Waals surface area contributed by atoms with E-state index in [0.717, 1.165) is 35.2 Å². The number of unbranched alkanes of at least 4 members (excludes halogenated alkanes) is 1. The number of rotatable bonds is 6. The van der Waals surface area contributed by atoms with Gasteiger partial charge in [0, 0.05) is 22.8 Å². The van der Waals surface area contributed by atoms with E-state index in [-0.39, 0.29) is 5.56 Å². The number of pyridine rings is 1. The van der Waals surface area contributed by atoms with E-state index in [0.29, 0.717) is 6.61 Å². The summed E-state index contributed by atoms with van der Waals surface area (Å²) in [5, 5.41) is 0. The molecule has 0 atom stereocenters. The second-order valence-electron chi connectivity index (χ2n) is 4.71. The predicted octanol–water partition coefficient (Wildman–Crippen LogP) is 3.78. The van der Waals surface area contributed by atoms with Crippen LogP contribution in [0.1, 0.15) is 18.4 Å². The number of nitrogens with zero attached hydrogens (tertiary/aromatic N) is 1. The zero-order valence-corrected chi connectivity index (χ0v) is 13.1. The molecule has 0 fully saturated rings. The van der Waals surface area contributed by atoms with Crippen LogP contribution in [0, 0.1) is 6.92 Å². The number of ether oxygens (including phenoxy) is 1. The van der Waals surface area contributed by atoms with Gasteiger partial charge in [-0.05, 0) is 53.9 Å². The Bertz CT molecular complexity index is 608. The molecular weight excluding hydrogens is 318 g/mol. The zero-order chi connectivity index (χ0) is 14.4. The molecule has 2 rings (SSSR count). The van der Waals surface area contributed by atoms with Crippen molar-refractivity contribution in [1.82, 2.24) is 4.57 Å². The Labute approximate surface area is 127 Å². The SMILES string of the molecule is Cc1cc(Br)cn(CCCCOc2ccccc2)c1=O. The van der Waals surface area contributed by atoms with Crippen molar-refractivity contribution in [3.8, 4) is 5.75 Å². The third-order valence-electron chi connectivity index (χ3n) is 3.04. The largest absolute Gasteiger partial charge is 0.494 e. The minimum atomic E-state index is 0.0807. The molecule has 0 aliphatic carbocycles. The Kier molecular flexibility index (Phi) is 5.41. The van der Waals surface area contributed by atoms with E-state index in [4.69, 9.17) is 4.74 Å². The van der Waals surface area contributed by atoms with Gasteiger partial charge < -0.3 is 9.30 Å². The van der Waals surface area contributed by atoms with Gasteiger partial charge in [0.25, 0.3) is 5.56 Å². The summed E-state index contributed by atoms with van der Waals surface area (Å²) in [5.41, 5.74) is 0.845. The topological polar surface area (TPSA) is 31.2 Å². The molecule has 1 heterocycles. The van der Waals surface area contributed by atoms with E-state index >= 15 is 0 Å². The lowest BCUT2D eigenvalue weighted by Crippen LogP contribution is -2.21. The maximum Gasteiger partial charge on any atom is 0.253 e. The van der Waals surface area contributed by atoms with E-state index in [9.17, 15) is 4.79 Å². The van der Waals surface area contributed by atoms with E-state index in [2.05, 4.69) is 15.9 Å². The molecule has 0 N–H and O–H groups in total. The van der Waals surface area contributed by atoms with Crippen LogP contribution in [0.25, 0.3) is 0 Å². The van der Waals surface area contributed by atoms with Crippen LogP contribution in [0.4, 0.5) is 0 Å². The van der Waals surface area contributed by atoms with Gasteiger partial charge in [-0.25, -0.2) is 0 Å². The summed E-state index contributed by atoms with van der Waals surface area (Å²) in [6, 6.07) is 11.6. The maximum absolute atomic E-state index is 11.9. The Hall–Kier alpha value is -1.55. The van der Waals surface area contributed by atoms with Crippen molar-refractivity contribution in [2.45, 2.75) is 26.3 Å². The van der Waals surface area contributed by atoms with Crippen molar-refractivity contribution < 1.29 is 4.74 Å². The average molecular weight is 336 g/mol. The van der Waals surface area contributed by atoms with E-state index in [1.165, 1.54) is 0 Å². The van der Waals surface area contributed by atoms with Gasteiger partial charge >= 0.3 is 0 Å². The van der Waals surface area contributed by atoms with Crippen LogP contribution in [0.3, 0.4) is 0 Å². The molecule has 1 aromatic heterocycles. The summed E-state index contributed by atoms with van der Waals surface area (Å²) >= 11 is 3.42. The van der Waals surface area contributed by atoms with Crippen molar-refractivity contribution in [1.29, 1.82) is 0 Å². The number of benzene rings is 1. The van der Waals surface area contributed by atoms with Gasteiger partial charge in [-0.3, -0.25) is 4.79 Å². The number of aryl methyl sites for hydroxylation is 2. The highest BCUT2D eigenvalue weighted by molar-refractivity contribution is 9.10. The van der Waals surface area contributed by atoms with Crippen LogP contribution in [-0.4, -0.2) is 11.2 Å². The van der Waals surface area contributed by atoms with Crippen molar-refractivity contribution in [2.24, 2.45) is 0 Å².